The Morgan fingerprint density at radius 3 is 2.67 bits per heavy atom. The van der Waals surface area contributed by atoms with Gasteiger partial charge in [0, 0.05) is 29.7 Å². The maximum absolute atomic E-state index is 6.47. The third-order valence-electron chi connectivity index (χ3n) is 3.97. The molecule has 0 radical (unpaired) electrons. The number of nitrogens with one attached hydrogen (secondary N) is 1. The first-order valence-corrected chi connectivity index (χ1v) is 8.30. The van der Waals surface area contributed by atoms with Gasteiger partial charge in [-0.3, -0.25) is 0 Å². The molecule has 1 heterocycles. The summed E-state index contributed by atoms with van der Waals surface area (Å²) in [6.45, 7) is 8.38. The molecule has 0 amide bonds. The van der Waals surface area contributed by atoms with Crippen molar-refractivity contribution in [1.29, 1.82) is 0 Å². The Morgan fingerprint density at radius 2 is 2.10 bits per heavy atom. The van der Waals surface area contributed by atoms with Gasteiger partial charge in [-0.15, -0.1) is 0 Å². The fourth-order valence-electron chi connectivity index (χ4n) is 2.95. The molecule has 1 fully saturated rings. The van der Waals surface area contributed by atoms with Crippen molar-refractivity contribution in [1.82, 2.24) is 5.32 Å². The van der Waals surface area contributed by atoms with Gasteiger partial charge in [-0.2, -0.15) is 0 Å². The predicted molar refractivity (Wildman–Crippen MR) is 87.6 cm³/mol. The van der Waals surface area contributed by atoms with Crippen molar-refractivity contribution in [3.63, 3.8) is 0 Å². The van der Waals surface area contributed by atoms with Crippen LogP contribution in [0.3, 0.4) is 0 Å². The lowest BCUT2D eigenvalue weighted by Crippen LogP contribution is -2.32. The number of hydrogen-bond donors (Lipinski definition) is 1. The zero-order valence-electron chi connectivity index (χ0n) is 12.8. The minimum atomic E-state index is 0.146. The van der Waals surface area contributed by atoms with E-state index >= 15 is 0 Å². The van der Waals surface area contributed by atoms with Crippen molar-refractivity contribution in [2.75, 3.05) is 19.8 Å². The molecule has 3 unspecified atom stereocenters. The third-order valence-corrected chi connectivity index (χ3v) is 4.60. The second-order valence-corrected chi connectivity index (χ2v) is 6.12. The smallest absolute Gasteiger partial charge is 0.139 e. The van der Waals surface area contributed by atoms with Crippen LogP contribution in [-0.2, 0) is 4.74 Å². The van der Waals surface area contributed by atoms with Crippen molar-refractivity contribution in [2.45, 2.75) is 39.3 Å². The predicted octanol–water partition coefficient (Wildman–Crippen LogP) is 4.47. The van der Waals surface area contributed by atoms with Gasteiger partial charge < -0.3 is 14.8 Å². The lowest BCUT2D eigenvalue weighted by atomic mass is 9.88. The molecule has 1 aromatic carbocycles. The summed E-state index contributed by atoms with van der Waals surface area (Å²) in [6.07, 6.45) is 1.25. The normalized spacial score (nSPS) is 23.3. The standard InChI is InChI=1S/C16H23Cl2NO2/c1-4-19-16(11-6-7-21-10(11)3)12-8-14(18)15(20-5-2)9-13(12)17/h8-11,16,19H,4-7H2,1-3H3. The molecule has 1 N–H and O–H groups in total. The Hall–Kier alpha value is -0.480. The van der Waals surface area contributed by atoms with Crippen LogP contribution >= 0.6 is 23.2 Å². The van der Waals surface area contributed by atoms with Crippen LogP contribution in [0.2, 0.25) is 10.0 Å². The van der Waals surface area contributed by atoms with Gasteiger partial charge in [0.15, 0.2) is 0 Å². The van der Waals surface area contributed by atoms with E-state index < -0.39 is 0 Å². The van der Waals surface area contributed by atoms with Crippen LogP contribution in [-0.4, -0.2) is 25.9 Å². The summed E-state index contributed by atoms with van der Waals surface area (Å²) < 4.78 is 11.2. The van der Waals surface area contributed by atoms with Crippen molar-refractivity contribution in [3.05, 3.63) is 27.7 Å². The summed E-state index contributed by atoms with van der Waals surface area (Å²) in [5.41, 5.74) is 1.02. The molecule has 3 nitrogen and oxygen atoms in total. The highest BCUT2D eigenvalue weighted by molar-refractivity contribution is 6.34. The van der Waals surface area contributed by atoms with Crippen molar-refractivity contribution < 1.29 is 9.47 Å². The fraction of sp³-hybridized carbons (Fsp3) is 0.625. The summed E-state index contributed by atoms with van der Waals surface area (Å²) >= 11 is 12.8. The highest BCUT2D eigenvalue weighted by Gasteiger charge is 2.33. The van der Waals surface area contributed by atoms with Gasteiger partial charge in [-0.1, -0.05) is 30.1 Å². The first-order valence-electron chi connectivity index (χ1n) is 7.55. The molecule has 0 saturated carbocycles. The van der Waals surface area contributed by atoms with E-state index in [9.17, 15) is 0 Å². The van der Waals surface area contributed by atoms with Crippen LogP contribution in [0.4, 0.5) is 0 Å². The number of rotatable bonds is 6. The van der Waals surface area contributed by atoms with Crippen molar-refractivity contribution in [3.8, 4) is 5.75 Å². The van der Waals surface area contributed by atoms with E-state index in [0.717, 1.165) is 25.1 Å². The maximum Gasteiger partial charge on any atom is 0.139 e. The number of ether oxygens (including phenoxy) is 2. The molecule has 1 aliphatic heterocycles. The van der Waals surface area contributed by atoms with Crippen LogP contribution in [0.15, 0.2) is 12.1 Å². The van der Waals surface area contributed by atoms with Crippen LogP contribution in [0, 0.1) is 5.92 Å². The monoisotopic (exact) mass is 331 g/mol. The highest BCUT2D eigenvalue weighted by atomic mass is 35.5. The molecule has 0 bridgehead atoms. The summed E-state index contributed by atoms with van der Waals surface area (Å²) in [6, 6.07) is 3.88. The van der Waals surface area contributed by atoms with E-state index in [4.69, 9.17) is 32.7 Å². The van der Waals surface area contributed by atoms with Crippen LogP contribution in [0.25, 0.3) is 0 Å². The second kappa shape index (κ2) is 7.68. The topological polar surface area (TPSA) is 30.5 Å². The minimum Gasteiger partial charge on any atom is -0.492 e. The number of benzene rings is 1. The molecule has 1 saturated heterocycles. The molecular weight excluding hydrogens is 309 g/mol. The van der Waals surface area contributed by atoms with Gasteiger partial charge >= 0.3 is 0 Å². The summed E-state index contributed by atoms with van der Waals surface area (Å²) in [4.78, 5) is 0. The van der Waals surface area contributed by atoms with Crippen molar-refractivity contribution >= 4 is 23.2 Å². The quantitative estimate of drug-likeness (QED) is 0.834. The first-order chi connectivity index (χ1) is 10.1. The van der Waals surface area contributed by atoms with Crippen LogP contribution in [0.1, 0.15) is 38.8 Å². The van der Waals surface area contributed by atoms with Crippen LogP contribution in [0.5, 0.6) is 5.75 Å². The Labute approximate surface area is 136 Å². The van der Waals surface area contributed by atoms with E-state index in [2.05, 4.69) is 19.2 Å². The van der Waals surface area contributed by atoms with E-state index in [0.29, 0.717) is 28.3 Å². The Bertz CT molecular complexity index is 482. The maximum atomic E-state index is 6.47. The summed E-state index contributed by atoms with van der Waals surface area (Å²) in [5.74, 6) is 1.04. The molecule has 2 rings (SSSR count). The molecule has 3 atom stereocenters. The molecule has 1 aliphatic rings. The highest BCUT2D eigenvalue weighted by Crippen LogP contribution is 2.40. The van der Waals surface area contributed by atoms with E-state index in [1.807, 2.05) is 19.1 Å². The van der Waals surface area contributed by atoms with Gasteiger partial charge in [-0.25, -0.2) is 0 Å². The van der Waals surface area contributed by atoms with E-state index in [-0.39, 0.29) is 12.1 Å². The van der Waals surface area contributed by atoms with Gasteiger partial charge in [0.2, 0.25) is 0 Å². The Kier molecular flexibility index (Phi) is 6.18. The lowest BCUT2D eigenvalue weighted by molar-refractivity contribution is 0.0956. The van der Waals surface area contributed by atoms with Crippen molar-refractivity contribution in [2.24, 2.45) is 5.92 Å². The summed E-state index contributed by atoms with van der Waals surface area (Å²) in [7, 11) is 0. The SMILES string of the molecule is CCNC(c1cc(Cl)c(OCC)cc1Cl)C1CCOC1C. The first kappa shape index (κ1) is 16.9. The molecule has 0 aliphatic carbocycles. The zero-order valence-corrected chi connectivity index (χ0v) is 14.3. The average Bonchev–Trinajstić information content (AvgIpc) is 2.86. The zero-order chi connectivity index (χ0) is 15.4. The molecule has 0 aromatic heterocycles. The molecule has 1 aromatic rings. The molecule has 0 spiro atoms. The average molecular weight is 332 g/mol. The molecule has 5 heteroatoms. The second-order valence-electron chi connectivity index (χ2n) is 5.30. The van der Waals surface area contributed by atoms with Gasteiger partial charge in [0.25, 0.3) is 0 Å². The Balaban J connectivity index is 2.33. The Morgan fingerprint density at radius 1 is 1.33 bits per heavy atom. The lowest BCUT2D eigenvalue weighted by Gasteiger charge is -2.28. The number of halogens is 2. The fourth-order valence-corrected chi connectivity index (χ4v) is 3.44. The largest absolute Gasteiger partial charge is 0.492 e. The van der Waals surface area contributed by atoms with E-state index in [1.165, 1.54) is 0 Å². The van der Waals surface area contributed by atoms with Crippen LogP contribution < -0.4 is 10.1 Å². The van der Waals surface area contributed by atoms with Gasteiger partial charge in [0.1, 0.15) is 5.75 Å². The molecular formula is C16H23Cl2NO2. The minimum absolute atomic E-state index is 0.146. The molecule has 118 valence electrons. The summed E-state index contributed by atoms with van der Waals surface area (Å²) in [5, 5.41) is 4.82. The number of hydrogen-bond acceptors (Lipinski definition) is 3. The van der Waals surface area contributed by atoms with Gasteiger partial charge in [-0.05, 0) is 38.4 Å². The van der Waals surface area contributed by atoms with E-state index in [1.54, 1.807) is 0 Å². The third kappa shape index (κ3) is 3.84. The molecule has 21 heavy (non-hydrogen) atoms. The van der Waals surface area contributed by atoms with Gasteiger partial charge in [0.05, 0.1) is 17.7 Å².